The Bertz CT molecular complexity index is 531. The molecule has 0 bridgehead atoms. The number of nitrogens with one attached hydrogen (secondary N) is 1. The van der Waals surface area contributed by atoms with Crippen LogP contribution in [0.5, 0.6) is 5.75 Å². The minimum absolute atomic E-state index is 0.0741. The molecule has 92 valence electrons. The summed E-state index contributed by atoms with van der Waals surface area (Å²) >= 11 is 5.86. The van der Waals surface area contributed by atoms with E-state index in [1.165, 1.54) is 0 Å². The number of hydrogen-bond acceptors (Lipinski definition) is 3. The number of ether oxygens (including phenoxy) is 1. The van der Waals surface area contributed by atoms with Gasteiger partial charge in [0.25, 0.3) is 0 Å². The van der Waals surface area contributed by atoms with Crippen LogP contribution in [0.3, 0.4) is 0 Å². The fraction of sp³-hybridized carbons (Fsp3) is 0.273. The van der Waals surface area contributed by atoms with Crippen LogP contribution in [0.4, 0.5) is 0 Å². The van der Waals surface area contributed by atoms with E-state index in [0.717, 1.165) is 6.26 Å². The molecule has 0 aliphatic carbocycles. The predicted octanol–water partition coefficient (Wildman–Crippen LogP) is 1.27. The Labute approximate surface area is 106 Å². The zero-order chi connectivity index (χ0) is 12.7. The number of rotatable bonds is 4. The van der Waals surface area contributed by atoms with Crippen molar-refractivity contribution in [3.05, 3.63) is 29.3 Å². The van der Waals surface area contributed by atoms with Crippen molar-refractivity contribution in [1.29, 1.82) is 0 Å². The third kappa shape index (κ3) is 6.17. The molecule has 0 saturated heterocycles. The smallest absolute Gasteiger partial charge is 0.209 e. The van der Waals surface area contributed by atoms with E-state index >= 15 is 0 Å². The summed E-state index contributed by atoms with van der Waals surface area (Å²) in [5, 5.41) is 0.517. The molecule has 0 spiro atoms. The first kappa shape index (κ1) is 13.8. The predicted molar refractivity (Wildman–Crippen MR) is 67.6 cm³/mol. The van der Waals surface area contributed by atoms with Gasteiger partial charge in [-0.05, 0) is 12.1 Å². The second kappa shape index (κ2) is 6.50. The molecular weight excluding hydrogens is 262 g/mol. The van der Waals surface area contributed by atoms with Crippen LogP contribution in [0.15, 0.2) is 24.3 Å². The van der Waals surface area contributed by atoms with E-state index in [-0.39, 0.29) is 13.2 Å². The molecule has 0 aliphatic rings. The Morgan fingerprint density at radius 2 is 2.06 bits per heavy atom. The molecule has 0 atom stereocenters. The quantitative estimate of drug-likeness (QED) is 0.841. The number of halogens is 1. The van der Waals surface area contributed by atoms with Crippen molar-refractivity contribution in [2.45, 2.75) is 0 Å². The van der Waals surface area contributed by atoms with Crippen molar-refractivity contribution < 1.29 is 13.2 Å². The molecule has 4 nitrogen and oxygen atoms in total. The summed E-state index contributed by atoms with van der Waals surface area (Å²) in [6.45, 7) is 0.236. The molecule has 1 rings (SSSR count). The van der Waals surface area contributed by atoms with Crippen molar-refractivity contribution in [2.75, 3.05) is 19.4 Å². The molecule has 0 aliphatic heterocycles. The Morgan fingerprint density at radius 1 is 1.35 bits per heavy atom. The van der Waals surface area contributed by atoms with Crippen molar-refractivity contribution in [3.8, 4) is 17.6 Å². The van der Waals surface area contributed by atoms with Gasteiger partial charge in [-0.1, -0.05) is 35.6 Å². The van der Waals surface area contributed by atoms with Crippen molar-refractivity contribution in [1.82, 2.24) is 4.72 Å². The van der Waals surface area contributed by atoms with Gasteiger partial charge < -0.3 is 4.74 Å². The second-order valence-corrected chi connectivity index (χ2v) is 5.41. The number of benzene rings is 1. The van der Waals surface area contributed by atoms with E-state index < -0.39 is 10.0 Å². The van der Waals surface area contributed by atoms with Crippen molar-refractivity contribution in [3.63, 3.8) is 0 Å². The summed E-state index contributed by atoms with van der Waals surface area (Å²) in [6, 6.07) is 7.06. The summed E-state index contributed by atoms with van der Waals surface area (Å²) in [5.74, 6) is 5.85. The average Bonchev–Trinajstić information content (AvgIpc) is 2.24. The van der Waals surface area contributed by atoms with Gasteiger partial charge in [-0.15, -0.1) is 0 Å². The van der Waals surface area contributed by atoms with E-state index in [9.17, 15) is 8.42 Å². The van der Waals surface area contributed by atoms with Crippen LogP contribution in [0, 0.1) is 11.8 Å². The van der Waals surface area contributed by atoms with Gasteiger partial charge in [-0.2, -0.15) is 0 Å². The zero-order valence-corrected chi connectivity index (χ0v) is 10.8. The molecule has 0 aromatic heterocycles. The first-order valence-electron chi connectivity index (χ1n) is 4.77. The maximum absolute atomic E-state index is 10.7. The van der Waals surface area contributed by atoms with Crippen molar-refractivity contribution in [2.24, 2.45) is 0 Å². The van der Waals surface area contributed by atoms with Gasteiger partial charge in [0, 0.05) is 0 Å². The number of sulfonamides is 1. The Balaban J connectivity index is 2.34. The monoisotopic (exact) mass is 273 g/mol. The van der Waals surface area contributed by atoms with Crippen LogP contribution in [-0.4, -0.2) is 27.8 Å². The van der Waals surface area contributed by atoms with E-state index in [0.29, 0.717) is 10.8 Å². The molecule has 0 radical (unpaired) electrons. The maximum Gasteiger partial charge on any atom is 0.209 e. The lowest BCUT2D eigenvalue weighted by Crippen LogP contribution is -2.21. The molecule has 0 amide bonds. The number of para-hydroxylation sites is 1. The highest BCUT2D eigenvalue weighted by Crippen LogP contribution is 2.22. The van der Waals surface area contributed by atoms with Gasteiger partial charge in [0.2, 0.25) is 10.0 Å². The highest BCUT2D eigenvalue weighted by Gasteiger charge is 1.97. The molecule has 1 aromatic rings. The molecule has 0 saturated carbocycles. The highest BCUT2D eigenvalue weighted by atomic mass is 35.5. The lowest BCUT2D eigenvalue weighted by molar-refractivity contribution is 0.370. The minimum atomic E-state index is -3.18. The Kier molecular flexibility index (Phi) is 5.29. The van der Waals surface area contributed by atoms with Gasteiger partial charge in [-0.3, -0.25) is 0 Å². The van der Waals surface area contributed by atoms with Crippen LogP contribution >= 0.6 is 11.6 Å². The summed E-state index contributed by atoms with van der Waals surface area (Å²) in [6.07, 6.45) is 1.08. The molecule has 0 heterocycles. The fourth-order valence-corrected chi connectivity index (χ4v) is 1.48. The van der Waals surface area contributed by atoms with Gasteiger partial charge in [0.15, 0.2) is 0 Å². The van der Waals surface area contributed by atoms with Gasteiger partial charge in [0.1, 0.15) is 12.4 Å². The van der Waals surface area contributed by atoms with Crippen LogP contribution in [-0.2, 0) is 10.0 Å². The van der Waals surface area contributed by atoms with Crippen molar-refractivity contribution >= 4 is 21.6 Å². The van der Waals surface area contributed by atoms with Gasteiger partial charge in [0.05, 0.1) is 17.8 Å². The molecule has 0 fully saturated rings. The fourth-order valence-electron chi connectivity index (χ4n) is 0.956. The van der Waals surface area contributed by atoms with Gasteiger partial charge >= 0.3 is 0 Å². The van der Waals surface area contributed by atoms with Crippen LogP contribution in [0.1, 0.15) is 0 Å². The standard InChI is InChI=1S/C11H12ClNO3S/c1-17(14,15)13-8-4-5-9-16-11-7-3-2-6-10(11)12/h2-3,6-7,13H,8-9H2,1H3. The van der Waals surface area contributed by atoms with Crippen LogP contribution < -0.4 is 9.46 Å². The topological polar surface area (TPSA) is 55.4 Å². The summed E-state index contributed by atoms with van der Waals surface area (Å²) < 4.78 is 28.9. The molecule has 1 aromatic carbocycles. The first-order valence-corrected chi connectivity index (χ1v) is 7.03. The summed E-state index contributed by atoms with van der Waals surface area (Å²) in [4.78, 5) is 0. The molecule has 6 heteroatoms. The maximum atomic E-state index is 10.7. The Hall–Kier alpha value is -1.22. The third-order valence-corrected chi connectivity index (χ3v) is 2.67. The van der Waals surface area contributed by atoms with E-state index in [1.54, 1.807) is 24.3 Å². The molecular formula is C11H12ClNO3S. The normalized spacial score (nSPS) is 10.5. The van der Waals surface area contributed by atoms with E-state index in [2.05, 4.69) is 16.6 Å². The molecule has 0 unspecified atom stereocenters. The minimum Gasteiger partial charge on any atom is -0.479 e. The first-order chi connectivity index (χ1) is 7.99. The molecule has 1 N–H and O–H groups in total. The zero-order valence-electron chi connectivity index (χ0n) is 9.23. The number of hydrogen-bond donors (Lipinski definition) is 1. The van der Waals surface area contributed by atoms with Gasteiger partial charge in [-0.25, -0.2) is 13.1 Å². The van der Waals surface area contributed by atoms with Crippen LogP contribution in [0.25, 0.3) is 0 Å². The lowest BCUT2D eigenvalue weighted by atomic mass is 10.3. The van der Waals surface area contributed by atoms with Crippen LogP contribution in [0.2, 0.25) is 5.02 Å². The summed E-state index contributed by atoms with van der Waals surface area (Å²) in [5.41, 5.74) is 0. The second-order valence-electron chi connectivity index (χ2n) is 3.17. The average molecular weight is 274 g/mol. The SMILES string of the molecule is CS(=O)(=O)NCC#CCOc1ccccc1Cl. The largest absolute Gasteiger partial charge is 0.479 e. The van der Waals surface area contributed by atoms with E-state index in [4.69, 9.17) is 16.3 Å². The lowest BCUT2D eigenvalue weighted by Gasteiger charge is -2.02. The van der Waals surface area contributed by atoms with E-state index in [1.807, 2.05) is 0 Å². The molecule has 17 heavy (non-hydrogen) atoms. The highest BCUT2D eigenvalue weighted by molar-refractivity contribution is 7.88. The third-order valence-electron chi connectivity index (χ3n) is 1.68. The Morgan fingerprint density at radius 3 is 2.71 bits per heavy atom. The summed E-state index contributed by atoms with van der Waals surface area (Å²) in [7, 11) is -3.18.